The van der Waals surface area contributed by atoms with Crippen LogP contribution < -0.4 is 0 Å². The molecule has 1 nitrogen and oxygen atoms in total. The topological polar surface area (TPSA) is 9.23 Å². The van der Waals surface area contributed by atoms with Crippen molar-refractivity contribution in [3.05, 3.63) is 83.4 Å². The normalized spacial score (nSPS) is 20.6. The van der Waals surface area contributed by atoms with Crippen molar-refractivity contribution >= 4 is 10.8 Å². The Labute approximate surface area is 125 Å². The fourth-order valence-corrected chi connectivity index (χ4v) is 3.55. The summed E-state index contributed by atoms with van der Waals surface area (Å²) in [6.45, 7) is 0. The highest BCUT2D eigenvalue weighted by atomic mass is 16.5. The lowest BCUT2D eigenvalue weighted by Crippen LogP contribution is -1.97. The molecule has 0 amide bonds. The molecule has 3 aromatic rings. The number of hydrogen-bond donors (Lipinski definition) is 0. The highest BCUT2D eigenvalue weighted by Crippen LogP contribution is 2.45. The van der Waals surface area contributed by atoms with Crippen LogP contribution in [0.15, 0.2) is 66.7 Å². The minimum Gasteiger partial charge on any atom is -0.377 e. The van der Waals surface area contributed by atoms with Crippen LogP contribution in [0.4, 0.5) is 0 Å². The van der Waals surface area contributed by atoms with Crippen LogP contribution in [0.5, 0.6) is 0 Å². The summed E-state index contributed by atoms with van der Waals surface area (Å²) in [5.74, 6) is 0.441. The van der Waals surface area contributed by atoms with Crippen LogP contribution >= 0.6 is 0 Å². The molecule has 0 aromatic heterocycles. The average molecular weight is 274 g/mol. The van der Waals surface area contributed by atoms with Gasteiger partial charge in [-0.05, 0) is 33.9 Å². The molecule has 0 spiro atoms. The van der Waals surface area contributed by atoms with E-state index >= 15 is 0 Å². The third kappa shape index (κ3) is 2.05. The number of benzene rings is 3. The molecular weight excluding hydrogens is 256 g/mol. The van der Waals surface area contributed by atoms with Gasteiger partial charge in [-0.25, -0.2) is 0 Å². The lowest BCUT2D eigenvalue weighted by molar-refractivity contribution is 0.102. The van der Waals surface area contributed by atoms with Gasteiger partial charge in [0, 0.05) is 13.0 Å². The molecule has 0 aliphatic heterocycles. The number of rotatable bonds is 2. The smallest absolute Gasteiger partial charge is 0.0833 e. The Bertz CT molecular complexity index is 790. The molecule has 4 rings (SSSR count). The zero-order valence-corrected chi connectivity index (χ0v) is 12.1. The van der Waals surface area contributed by atoms with Crippen LogP contribution in [-0.4, -0.2) is 7.11 Å². The van der Waals surface area contributed by atoms with E-state index in [0.29, 0.717) is 5.92 Å². The second-order valence-corrected chi connectivity index (χ2v) is 5.75. The summed E-state index contributed by atoms with van der Waals surface area (Å²) in [5.41, 5.74) is 4.15. The largest absolute Gasteiger partial charge is 0.377 e. The quantitative estimate of drug-likeness (QED) is 0.634. The van der Waals surface area contributed by atoms with E-state index in [9.17, 15) is 0 Å². The Morgan fingerprint density at radius 3 is 2.33 bits per heavy atom. The fraction of sp³-hybridized carbons (Fsp3) is 0.200. The van der Waals surface area contributed by atoms with Crippen LogP contribution in [0.1, 0.15) is 35.1 Å². The van der Waals surface area contributed by atoms with Crippen molar-refractivity contribution in [2.24, 2.45) is 0 Å². The van der Waals surface area contributed by atoms with Gasteiger partial charge >= 0.3 is 0 Å². The van der Waals surface area contributed by atoms with E-state index in [1.54, 1.807) is 0 Å². The molecule has 0 fully saturated rings. The van der Waals surface area contributed by atoms with E-state index in [-0.39, 0.29) is 6.10 Å². The van der Waals surface area contributed by atoms with Crippen molar-refractivity contribution in [2.75, 3.05) is 7.11 Å². The van der Waals surface area contributed by atoms with Gasteiger partial charge in [-0.3, -0.25) is 0 Å². The molecular formula is C20H18O. The predicted molar refractivity (Wildman–Crippen MR) is 86.6 cm³/mol. The number of fused-ring (bicyclic) bond motifs is 2. The Hall–Kier alpha value is -2.12. The first kappa shape index (κ1) is 12.6. The van der Waals surface area contributed by atoms with E-state index in [0.717, 1.165) is 6.42 Å². The Morgan fingerprint density at radius 2 is 1.52 bits per heavy atom. The molecule has 1 aliphatic rings. The van der Waals surface area contributed by atoms with Crippen molar-refractivity contribution in [3.8, 4) is 0 Å². The summed E-state index contributed by atoms with van der Waals surface area (Å²) in [5, 5.41) is 2.61. The molecule has 21 heavy (non-hydrogen) atoms. The molecule has 3 aromatic carbocycles. The fourth-order valence-electron chi connectivity index (χ4n) is 3.55. The van der Waals surface area contributed by atoms with Crippen molar-refractivity contribution in [1.82, 2.24) is 0 Å². The average Bonchev–Trinajstić information content (AvgIpc) is 2.93. The van der Waals surface area contributed by atoms with E-state index in [1.165, 1.54) is 27.5 Å². The second kappa shape index (κ2) is 5.01. The van der Waals surface area contributed by atoms with E-state index < -0.39 is 0 Å². The second-order valence-electron chi connectivity index (χ2n) is 5.75. The summed E-state index contributed by atoms with van der Waals surface area (Å²) in [7, 11) is 1.81. The first-order valence-electron chi connectivity index (χ1n) is 7.47. The first-order chi connectivity index (χ1) is 10.4. The van der Waals surface area contributed by atoms with Crippen LogP contribution in [-0.2, 0) is 4.74 Å². The van der Waals surface area contributed by atoms with Crippen LogP contribution in [0, 0.1) is 0 Å². The zero-order valence-electron chi connectivity index (χ0n) is 12.1. The van der Waals surface area contributed by atoms with Crippen molar-refractivity contribution < 1.29 is 4.74 Å². The van der Waals surface area contributed by atoms with Crippen molar-refractivity contribution in [3.63, 3.8) is 0 Å². The Kier molecular flexibility index (Phi) is 3.01. The minimum absolute atomic E-state index is 0.220. The molecule has 0 N–H and O–H groups in total. The molecule has 104 valence electrons. The SMILES string of the molecule is CO[C@H]1C[C@H](c2ccc3ccccc3c2)c2ccccc21. The Morgan fingerprint density at radius 1 is 0.810 bits per heavy atom. The summed E-state index contributed by atoms with van der Waals surface area (Å²) >= 11 is 0. The van der Waals surface area contributed by atoms with Gasteiger partial charge in [0.25, 0.3) is 0 Å². The summed E-state index contributed by atoms with van der Waals surface area (Å²) < 4.78 is 5.68. The van der Waals surface area contributed by atoms with Gasteiger partial charge in [0.1, 0.15) is 0 Å². The van der Waals surface area contributed by atoms with E-state index in [4.69, 9.17) is 4.74 Å². The van der Waals surface area contributed by atoms with Gasteiger partial charge in [-0.15, -0.1) is 0 Å². The van der Waals surface area contributed by atoms with Gasteiger partial charge in [-0.2, -0.15) is 0 Å². The van der Waals surface area contributed by atoms with Gasteiger partial charge in [0.05, 0.1) is 6.10 Å². The third-order valence-electron chi connectivity index (χ3n) is 4.63. The molecule has 2 atom stereocenters. The molecule has 0 unspecified atom stereocenters. The van der Waals surface area contributed by atoms with E-state index in [1.807, 2.05) is 7.11 Å². The van der Waals surface area contributed by atoms with Crippen LogP contribution in [0.2, 0.25) is 0 Å². The summed E-state index contributed by atoms with van der Waals surface area (Å²) in [4.78, 5) is 0. The predicted octanol–water partition coefficient (Wildman–Crippen LogP) is 5.06. The highest BCUT2D eigenvalue weighted by molar-refractivity contribution is 5.83. The molecule has 1 aliphatic carbocycles. The van der Waals surface area contributed by atoms with E-state index in [2.05, 4.69) is 66.7 Å². The molecule has 0 saturated heterocycles. The van der Waals surface area contributed by atoms with Crippen molar-refractivity contribution in [2.45, 2.75) is 18.4 Å². The van der Waals surface area contributed by atoms with Gasteiger partial charge in [0.2, 0.25) is 0 Å². The van der Waals surface area contributed by atoms with Crippen molar-refractivity contribution in [1.29, 1.82) is 0 Å². The number of ether oxygens (including phenoxy) is 1. The molecule has 0 heterocycles. The van der Waals surface area contributed by atoms with Gasteiger partial charge in [-0.1, -0.05) is 66.7 Å². The maximum absolute atomic E-state index is 5.68. The van der Waals surface area contributed by atoms with Crippen LogP contribution in [0.3, 0.4) is 0 Å². The summed E-state index contributed by atoms with van der Waals surface area (Å²) in [6.07, 6.45) is 1.26. The Balaban J connectivity index is 1.82. The maximum atomic E-state index is 5.68. The maximum Gasteiger partial charge on any atom is 0.0833 e. The first-order valence-corrected chi connectivity index (χ1v) is 7.47. The number of hydrogen-bond acceptors (Lipinski definition) is 1. The molecule has 0 saturated carbocycles. The standard InChI is InChI=1S/C20H18O/c1-21-20-13-19(17-8-4-5-9-18(17)20)16-11-10-14-6-2-3-7-15(14)12-16/h2-12,19-20H,13H2,1H3/t19-,20+/m1/s1. The number of methoxy groups -OCH3 is 1. The third-order valence-corrected chi connectivity index (χ3v) is 4.63. The lowest BCUT2D eigenvalue weighted by atomic mass is 9.91. The lowest BCUT2D eigenvalue weighted by Gasteiger charge is -2.13. The van der Waals surface area contributed by atoms with Gasteiger partial charge in [0.15, 0.2) is 0 Å². The van der Waals surface area contributed by atoms with Crippen LogP contribution in [0.25, 0.3) is 10.8 Å². The zero-order chi connectivity index (χ0) is 14.2. The molecule has 0 radical (unpaired) electrons. The monoisotopic (exact) mass is 274 g/mol. The molecule has 1 heteroatoms. The summed E-state index contributed by atoms with van der Waals surface area (Å²) in [6, 6.07) is 24.1. The minimum atomic E-state index is 0.220. The molecule has 0 bridgehead atoms. The highest BCUT2D eigenvalue weighted by Gasteiger charge is 2.31. The van der Waals surface area contributed by atoms with Gasteiger partial charge < -0.3 is 4.74 Å².